The average Bonchev–Trinajstić information content (AvgIpc) is 3.12. The Labute approximate surface area is 220 Å². The zero-order chi connectivity index (χ0) is 27.4. The zero-order valence-corrected chi connectivity index (χ0v) is 22.1. The molecule has 1 amide bonds. The van der Waals surface area contributed by atoms with E-state index in [1.54, 1.807) is 18.2 Å². The van der Waals surface area contributed by atoms with E-state index in [0.29, 0.717) is 12.1 Å². The Kier molecular flexibility index (Phi) is 8.21. The van der Waals surface area contributed by atoms with Crippen LogP contribution in [-0.2, 0) is 15.9 Å². The van der Waals surface area contributed by atoms with Crippen molar-refractivity contribution < 1.29 is 37.5 Å². The summed E-state index contributed by atoms with van der Waals surface area (Å²) in [4.78, 5) is 31.4. The number of phosphoric ester groups is 1. The lowest BCUT2D eigenvalue weighted by molar-refractivity contribution is -0.121. The fraction of sp³-hybridized carbons (Fsp3) is 0.250. The first-order valence-corrected chi connectivity index (χ1v) is 13.5. The molecule has 38 heavy (non-hydrogen) atoms. The van der Waals surface area contributed by atoms with Crippen molar-refractivity contribution in [2.75, 3.05) is 14.2 Å². The van der Waals surface area contributed by atoms with Crippen LogP contribution >= 0.6 is 7.82 Å². The molecule has 0 radical (unpaired) electrons. The van der Waals surface area contributed by atoms with E-state index in [0.717, 1.165) is 22.3 Å². The number of allylic oxidation sites excluding steroid dienone is 1. The van der Waals surface area contributed by atoms with E-state index in [9.17, 15) is 23.5 Å². The van der Waals surface area contributed by atoms with Crippen molar-refractivity contribution in [3.8, 4) is 17.2 Å². The summed E-state index contributed by atoms with van der Waals surface area (Å²) in [6.45, 7) is 2.39. The van der Waals surface area contributed by atoms with Gasteiger partial charge in [-0.1, -0.05) is 49.4 Å². The first kappa shape index (κ1) is 27.4. The molecule has 3 N–H and O–H groups in total. The second kappa shape index (κ2) is 11.4. The minimum atomic E-state index is -4.87. The van der Waals surface area contributed by atoms with Gasteiger partial charge in [0.2, 0.25) is 11.7 Å². The molecule has 0 aromatic heterocycles. The molecule has 3 aromatic carbocycles. The van der Waals surface area contributed by atoms with Crippen LogP contribution in [0.1, 0.15) is 41.5 Å². The van der Waals surface area contributed by atoms with Crippen LogP contribution in [0.5, 0.6) is 17.2 Å². The van der Waals surface area contributed by atoms with E-state index in [2.05, 4.69) is 5.32 Å². The first-order valence-electron chi connectivity index (χ1n) is 11.9. The van der Waals surface area contributed by atoms with Crippen molar-refractivity contribution in [1.29, 1.82) is 0 Å². The number of nitrogens with one attached hydrogen (secondary N) is 1. The Hall–Kier alpha value is -3.65. The predicted octanol–water partition coefficient (Wildman–Crippen LogP) is 5.29. The number of fused-ring (bicyclic) bond motifs is 1. The van der Waals surface area contributed by atoms with E-state index >= 15 is 0 Å². The zero-order valence-electron chi connectivity index (χ0n) is 21.2. The Morgan fingerprint density at radius 3 is 2.32 bits per heavy atom. The lowest BCUT2D eigenvalue weighted by Crippen LogP contribution is -2.25. The molecule has 2 atom stereocenters. The molecule has 8 nitrogen and oxygen atoms in total. The lowest BCUT2D eigenvalue weighted by Gasteiger charge is -2.18. The number of ether oxygens (including phenoxy) is 2. The first-order chi connectivity index (χ1) is 18.1. The fourth-order valence-electron chi connectivity index (χ4n) is 4.77. The summed E-state index contributed by atoms with van der Waals surface area (Å²) >= 11 is 0. The molecule has 200 valence electrons. The maximum Gasteiger partial charge on any atom is 0.525 e. The van der Waals surface area contributed by atoms with Crippen LogP contribution in [0.2, 0.25) is 0 Å². The smallest absolute Gasteiger partial charge is 0.493 e. The van der Waals surface area contributed by atoms with Gasteiger partial charge in [0.25, 0.3) is 0 Å². The summed E-state index contributed by atoms with van der Waals surface area (Å²) in [5.41, 5.74) is 4.06. The number of carbonyl (C=O) groups excluding carboxylic acids is 1. The van der Waals surface area contributed by atoms with Gasteiger partial charge in [-0.05, 0) is 63.9 Å². The van der Waals surface area contributed by atoms with Crippen LogP contribution in [0.4, 0.5) is 4.39 Å². The third kappa shape index (κ3) is 6.25. The van der Waals surface area contributed by atoms with Gasteiger partial charge in [-0.3, -0.25) is 14.6 Å². The molecule has 0 saturated carbocycles. The summed E-state index contributed by atoms with van der Waals surface area (Å²) in [5, 5.41) is 2.95. The molecular formula is C28H29FNO7P. The monoisotopic (exact) mass is 541 g/mol. The van der Waals surface area contributed by atoms with Gasteiger partial charge in [-0.25, -0.2) is 8.96 Å². The van der Waals surface area contributed by atoms with E-state index in [4.69, 9.17) is 14.0 Å². The molecule has 4 rings (SSSR count). The van der Waals surface area contributed by atoms with Gasteiger partial charge in [0.1, 0.15) is 5.82 Å². The van der Waals surface area contributed by atoms with E-state index in [1.807, 2.05) is 43.3 Å². The van der Waals surface area contributed by atoms with Crippen molar-refractivity contribution in [2.24, 2.45) is 5.92 Å². The lowest BCUT2D eigenvalue weighted by atomic mass is 9.88. The highest BCUT2D eigenvalue weighted by molar-refractivity contribution is 7.46. The molecule has 0 bridgehead atoms. The molecule has 1 aliphatic carbocycles. The largest absolute Gasteiger partial charge is 0.525 e. The quantitative estimate of drug-likeness (QED) is 0.315. The third-order valence-electron chi connectivity index (χ3n) is 6.57. The number of phosphoric acid groups is 1. The molecule has 3 aromatic rings. The van der Waals surface area contributed by atoms with Crippen molar-refractivity contribution in [3.63, 3.8) is 0 Å². The van der Waals surface area contributed by atoms with Crippen LogP contribution in [0.25, 0.3) is 11.6 Å². The Balaban J connectivity index is 1.65. The van der Waals surface area contributed by atoms with Crippen molar-refractivity contribution in [3.05, 3.63) is 88.7 Å². The molecule has 0 heterocycles. The Morgan fingerprint density at radius 1 is 1.05 bits per heavy atom. The number of halogens is 1. The third-order valence-corrected chi connectivity index (χ3v) is 6.99. The molecule has 0 aliphatic heterocycles. The number of amides is 1. The number of methoxy groups -OCH3 is 2. The number of hydrogen-bond acceptors (Lipinski definition) is 5. The molecule has 0 spiro atoms. The van der Waals surface area contributed by atoms with Crippen molar-refractivity contribution in [1.82, 2.24) is 5.32 Å². The maximum atomic E-state index is 14.3. The molecular weight excluding hydrogens is 512 g/mol. The van der Waals surface area contributed by atoms with Gasteiger partial charge < -0.3 is 19.3 Å². The molecule has 0 saturated heterocycles. The second-order valence-corrected chi connectivity index (χ2v) is 10.2. The Bertz CT molecular complexity index is 1380. The highest BCUT2D eigenvalue weighted by Gasteiger charge is 2.35. The summed E-state index contributed by atoms with van der Waals surface area (Å²) in [6, 6.07) is 17.3. The number of benzene rings is 3. The molecule has 10 heteroatoms. The van der Waals surface area contributed by atoms with E-state index in [1.165, 1.54) is 26.4 Å². The normalized spacial score (nSPS) is 17.7. The van der Waals surface area contributed by atoms with Crippen LogP contribution in [0.15, 0.2) is 60.7 Å². The summed E-state index contributed by atoms with van der Waals surface area (Å²) in [5.74, 6) is -0.970. The second-order valence-electron chi connectivity index (χ2n) is 9.03. The predicted molar refractivity (Wildman–Crippen MR) is 141 cm³/mol. The van der Waals surface area contributed by atoms with Crippen LogP contribution in [-0.4, -0.2) is 29.9 Å². The van der Waals surface area contributed by atoms with Crippen LogP contribution < -0.4 is 19.3 Å². The van der Waals surface area contributed by atoms with Crippen molar-refractivity contribution >= 4 is 25.4 Å². The van der Waals surface area contributed by atoms with Gasteiger partial charge in [-0.2, -0.15) is 0 Å². The highest BCUT2D eigenvalue weighted by atomic mass is 31.2. The maximum absolute atomic E-state index is 14.3. The fourth-order valence-corrected chi connectivity index (χ4v) is 5.19. The van der Waals surface area contributed by atoms with Crippen LogP contribution in [0.3, 0.4) is 0 Å². The topological polar surface area (TPSA) is 114 Å². The number of carbonyl (C=O) groups is 1. The number of rotatable bonds is 9. The SMILES string of the molecule is COc1cc(C=C2c3ccc(F)cc3C(CC(=O)NCc3ccccc3)C2C)cc(OC)c1OP(=O)(O)O. The summed E-state index contributed by atoms with van der Waals surface area (Å²) in [7, 11) is -2.18. The standard InChI is InChI=1S/C28H29FNO7P/c1-17-22(11-19-12-25(35-2)28(26(13-19)36-3)37-38(32,33)34)21-10-9-20(29)14-24(21)23(17)15-27(31)30-16-18-7-5-4-6-8-18/h4-14,17,23H,15-16H2,1-3H3,(H,30,31)(H2,32,33,34). The molecule has 0 fully saturated rings. The summed E-state index contributed by atoms with van der Waals surface area (Å²) in [6.07, 6.45) is 2.05. The van der Waals surface area contributed by atoms with E-state index in [-0.39, 0.29) is 47.2 Å². The van der Waals surface area contributed by atoms with Gasteiger partial charge in [0, 0.05) is 13.0 Å². The van der Waals surface area contributed by atoms with Gasteiger partial charge in [0.15, 0.2) is 11.5 Å². The van der Waals surface area contributed by atoms with E-state index < -0.39 is 7.82 Å². The Morgan fingerprint density at radius 2 is 1.71 bits per heavy atom. The van der Waals surface area contributed by atoms with Crippen molar-refractivity contribution in [2.45, 2.75) is 25.8 Å². The summed E-state index contributed by atoms with van der Waals surface area (Å²) < 4.78 is 41.1. The van der Waals surface area contributed by atoms with Gasteiger partial charge in [-0.15, -0.1) is 0 Å². The van der Waals surface area contributed by atoms with Gasteiger partial charge >= 0.3 is 7.82 Å². The minimum Gasteiger partial charge on any atom is -0.493 e. The van der Waals surface area contributed by atoms with Gasteiger partial charge in [0.05, 0.1) is 14.2 Å². The number of hydrogen-bond donors (Lipinski definition) is 3. The van der Waals surface area contributed by atoms with Crippen LogP contribution in [0, 0.1) is 11.7 Å². The molecule has 1 aliphatic rings. The highest BCUT2D eigenvalue weighted by Crippen LogP contribution is 2.51. The molecule has 2 unspecified atom stereocenters. The average molecular weight is 542 g/mol. The minimum absolute atomic E-state index is 0.0707.